The number of allylic oxidation sites excluding steroid dienone is 1. The number of rotatable bonds is 6. The highest BCUT2D eigenvalue weighted by Crippen LogP contribution is 2.21. The lowest BCUT2D eigenvalue weighted by molar-refractivity contribution is 0.0642. The van der Waals surface area contributed by atoms with Crippen molar-refractivity contribution < 1.29 is 10.2 Å². The van der Waals surface area contributed by atoms with Crippen LogP contribution in [0.1, 0.15) is 43.9 Å². The van der Waals surface area contributed by atoms with E-state index in [-0.39, 0.29) is 6.61 Å². The lowest BCUT2D eigenvalue weighted by atomic mass is 10.1. The summed E-state index contributed by atoms with van der Waals surface area (Å²) in [6, 6.07) is 4.57. The molecule has 26 heavy (non-hydrogen) atoms. The second-order valence-electron chi connectivity index (χ2n) is 7.75. The summed E-state index contributed by atoms with van der Waals surface area (Å²) < 4.78 is 0. The van der Waals surface area contributed by atoms with Gasteiger partial charge in [0.05, 0.1) is 4.88 Å². The fourth-order valence-corrected chi connectivity index (χ4v) is 3.93. The summed E-state index contributed by atoms with van der Waals surface area (Å²) in [6.45, 7) is 12.9. The zero-order chi connectivity index (χ0) is 19.2. The van der Waals surface area contributed by atoms with Crippen LogP contribution in [0.5, 0.6) is 0 Å². The molecule has 0 amide bonds. The van der Waals surface area contributed by atoms with Gasteiger partial charge in [0.25, 0.3) is 0 Å². The molecule has 1 aliphatic heterocycles. The Labute approximate surface area is 162 Å². The van der Waals surface area contributed by atoms with Gasteiger partial charge in [-0.05, 0) is 46.2 Å². The van der Waals surface area contributed by atoms with Crippen LogP contribution < -0.4 is 0 Å². The van der Waals surface area contributed by atoms with Crippen LogP contribution in [0.4, 0.5) is 0 Å². The third-order valence-corrected chi connectivity index (χ3v) is 5.40. The van der Waals surface area contributed by atoms with Gasteiger partial charge in [-0.25, -0.2) is 0 Å². The van der Waals surface area contributed by atoms with Crippen molar-refractivity contribution in [2.45, 2.75) is 52.3 Å². The second-order valence-corrected chi connectivity index (χ2v) is 8.92. The van der Waals surface area contributed by atoms with E-state index in [0.717, 1.165) is 44.0 Å². The maximum absolute atomic E-state index is 9.72. The van der Waals surface area contributed by atoms with Crippen LogP contribution in [0.15, 0.2) is 23.8 Å². The maximum Gasteiger partial charge on any atom is 0.120 e. The zero-order valence-corrected chi connectivity index (χ0v) is 17.3. The summed E-state index contributed by atoms with van der Waals surface area (Å²) in [7, 11) is 0. The Morgan fingerprint density at radius 1 is 1.35 bits per heavy atom. The van der Waals surface area contributed by atoms with E-state index < -0.39 is 5.60 Å². The van der Waals surface area contributed by atoms with Crippen LogP contribution in [0.3, 0.4) is 0 Å². The SMILES string of the molecule is CC(C)=CCN1CCN(Cc2ccc(C#CC(C)(C)O)s2)C[C@@H]1CCO. The van der Waals surface area contributed by atoms with Gasteiger partial charge in [0, 0.05) is 50.2 Å². The van der Waals surface area contributed by atoms with Gasteiger partial charge in [-0.15, -0.1) is 11.3 Å². The van der Waals surface area contributed by atoms with E-state index in [1.54, 1.807) is 25.2 Å². The van der Waals surface area contributed by atoms with E-state index in [0.29, 0.717) is 6.04 Å². The molecule has 1 atom stereocenters. The summed E-state index contributed by atoms with van der Waals surface area (Å²) in [5.41, 5.74) is 0.386. The normalized spacial score (nSPS) is 19.1. The number of aliphatic hydroxyl groups is 2. The molecule has 1 saturated heterocycles. The van der Waals surface area contributed by atoms with Crippen LogP contribution in [-0.2, 0) is 6.54 Å². The first-order valence-corrected chi connectivity index (χ1v) is 10.1. The average Bonchev–Trinajstić information content (AvgIpc) is 2.99. The molecule has 0 spiro atoms. The van der Waals surface area contributed by atoms with Crippen LogP contribution in [0, 0.1) is 11.8 Å². The molecule has 0 saturated carbocycles. The number of thiophene rings is 1. The van der Waals surface area contributed by atoms with Crippen molar-refractivity contribution in [2.75, 3.05) is 32.8 Å². The Morgan fingerprint density at radius 2 is 2.12 bits per heavy atom. The third kappa shape index (κ3) is 7.22. The lowest BCUT2D eigenvalue weighted by Gasteiger charge is -2.41. The van der Waals surface area contributed by atoms with Crippen LogP contribution in [-0.4, -0.2) is 64.4 Å². The van der Waals surface area contributed by atoms with E-state index in [9.17, 15) is 10.2 Å². The molecule has 2 rings (SSSR count). The summed E-state index contributed by atoms with van der Waals surface area (Å²) in [5.74, 6) is 5.93. The van der Waals surface area contributed by atoms with E-state index in [2.05, 4.69) is 47.6 Å². The predicted octanol–water partition coefficient (Wildman–Crippen LogP) is 2.71. The molecule has 1 aromatic heterocycles. The van der Waals surface area contributed by atoms with Crippen molar-refractivity contribution >= 4 is 11.3 Å². The number of nitrogens with zero attached hydrogens (tertiary/aromatic N) is 2. The first-order valence-electron chi connectivity index (χ1n) is 9.32. The van der Waals surface area contributed by atoms with Crippen molar-refractivity contribution in [3.8, 4) is 11.8 Å². The van der Waals surface area contributed by atoms with Gasteiger partial charge in [0.2, 0.25) is 0 Å². The van der Waals surface area contributed by atoms with Gasteiger partial charge in [0.1, 0.15) is 5.60 Å². The van der Waals surface area contributed by atoms with E-state index in [1.165, 1.54) is 10.5 Å². The summed E-state index contributed by atoms with van der Waals surface area (Å²) in [4.78, 5) is 7.24. The molecular weight excluding hydrogens is 344 g/mol. The number of aliphatic hydroxyl groups excluding tert-OH is 1. The number of hydrogen-bond donors (Lipinski definition) is 2. The number of hydrogen-bond acceptors (Lipinski definition) is 5. The van der Waals surface area contributed by atoms with Gasteiger partial charge >= 0.3 is 0 Å². The molecule has 1 aliphatic rings. The predicted molar refractivity (Wildman–Crippen MR) is 109 cm³/mol. The van der Waals surface area contributed by atoms with Gasteiger partial charge < -0.3 is 10.2 Å². The van der Waals surface area contributed by atoms with E-state index >= 15 is 0 Å². The van der Waals surface area contributed by atoms with E-state index in [4.69, 9.17) is 0 Å². The Hall–Kier alpha value is -1.16. The Bertz CT molecular complexity index is 660. The monoisotopic (exact) mass is 376 g/mol. The topological polar surface area (TPSA) is 46.9 Å². The number of piperazine rings is 1. The standard InChI is InChI=1S/C21H32N2O2S/c1-17(2)8-11-23-13-12-22(15-18(23)9-14-24)16-20-6-5-19(26-20)7-10-21(3,4)25/h5-6,8,18,24-25H,9,11-16H2,1-4H3/t18-/m0/s1. The van der Waals surface area contributed by atoms with Gasteiger partial charge in [-0.3, -0.25) is 9.80 Å². The first-order chi connectivity index (χ1) is 12.3. The van der Waals surface area contributed by atoms with Crippen LogP contribution in [0.2, 0.25) is 0 Å². The fraction of sp³-hybridized carbons (Fsp3) is 0.619. The Kier molecular flexibility index (Phi) is 7.87. The molecule has 0 bridgehead atoms. The minimum absolute atomic E-state index is 0.236. The van der Waals surface area contributed by atoms with Gasteiger partial charge in [-0.2, -0.15) is 0 Å². The molecule has 144 valence electrons. The first kappa shape index (κ1) is 21.1. The molecule has 0 aliphatic carbocycles. The fourth-order valence-electron chi connectivity index (χ4n) is 3.03. The van der Waals surface area contributed by atoms with Gasteiger partial charge in [-0.1, -0.05) is 23.5 Å². The van der Waals surface area contributed by atoms with Crippen molar-refractivity contribution in [1.82, 2.24) is 9.80 Å². The smallest absolute Gasteiger partial charge is 0.120 e. The van der Waals surface area contributed by atoms with Crippen molar-refractivity contribution in [2.24, 2.45) is 0 Å². The summed E-state index contributed by atoms with van der Waals surface area (Å²) >= 11 is 1.70. The van der Waals surface area contributed by atoms with Crippen molar-refractivity contribution in [3.05, 3.63) is 33.5 Å². The molecule has 4 nitrogen and oxygen atoms in total. The zero-order valence-electron chi connectivity index (χ0n) is 16.5. The molecule has 0 unspecified atom stereocenters. The minimum Gasteiger partial charge on any atom is -0.396 e. The van der Waals surface area contributed by atoms with Gasteiger partial charge in [0.15, 0.2) is 0 Å². The average molecular weight is 377 g/mol. The highest BCUT2D eigenvalue weighted by molar-refractivity contribution is 7.12. The van der Waals surface area contributed by atoms with Crippen molar-refractivity contribution in [3.63, 3.8) is 0 Å². The molecule has 2 heterocycles. The molecule has 0 aromatic carbocycles. The van der Waals surface area contributed by atoms with Crippen molar-refractivity contribution in [1.29, 1.82) is 0 Å². The molecule has 0 radical (unpaired) electrons. The lowest BCUT2D eigenvalue weighted by Crippen LogP contribution is -2.52. The molecule has 2 N–H and O–H groups in total. The molecule has 1 fully saturated rings. The third-order valence-electron chi connectivity index (χ3n) is 4.42. The van der Waals surface area contributed by atoms with E-state index in [1.807, 2.05) is 6.07 Å². The highest BCUT2D eigenvalue weighted by Gasteiger charge is 2.26. The molecule has 5 heteroatoms. The molecular formula is C21H32N2O2S. The quantitative estimate of drug-likeness (QED) is 0.592. The Morgan fingerprint density at radius 3 is 2.77 bits per heavy atom. The maximum atomic E-state index is 9.72. The minimum atomic E-state index is -0.955. The summed E-state index contributed by atoms with van der Waals surface area (Å²) in [5, 5.41) is 19.1. The highest BCUT2D eigenvalue weighted by atomic mass is 32.1. The summed E-state index contributed by atoms with van der Waals surface area (Å²) in [6.07, 6.45) is 3.09. The largest absolute Gasteiger partial charge is 0.396 e. The Balaban J connectivity index is 1.95. The second kappa shape index (κ2) is 9.68. The molecule has 1 aromatic rings. The van der Waals surface area contributed by atoms with Crippen LogP contribution in [0.25, 0.3) is 0 Å². The van der Waals surface area contributed by atoms with Crippen LogP contribution >= 0.6 is 11.3 Å².